The topological polar surface area (TPSA) is 128 Å². The summed E-state index contributed by atoms with van der Waals surface area (Å²) in [5.41, 5.74) is 0.00466. The first kappa shape index (κ1) is 13.7. The molecule has 0 saturated heterocycles. The second-order valence-electron chi connectivity index (χ2n) is 3.92. The summed E-state index contributed by atoms with van der Waals surface area (Å²) >= 11 is 0. The standard InChI is InChI=1S/C13H12N2O5/c14-19-7-1-3-9(11(16)5-7)13(18)10-4-2-8(20-15)6-12(10)17/h1-6,16-17H,14-15H2. The Balaban J connectivity index is 2.41. The molecular formula is C13H12N2O5. The minimum Gasteiger partial charge on any atom is -0.507 e. The molecule has 0 aliphatic heterocycles. The first-order valence-electron chi connectivity index (χ1n) is 5.51. The summed E-state index contributed by atoms with van der Waals surface area (Å²) in [7, 11) is 0. The monoisotopic (exact) mass is 276 g/mol. The molecule has 104 valence electrons. The quantitative estimate of drug-likeness (QED) is 0.481. The second kappa shape index (κ2) is 5.47. The third-order valence-corrected chi connectivity index (χ3v) is 2.70. The summed E-state index contributed by atoms with van der Waals surface area (Å²) < 4.78 is 0. The molecule has 0 bridgehead atoms. The third kappa shape index (κ3) is 2.48. The van der Waals surface area contributed by atoms with Gasteiger partial charge in [0.05, 0.1) is 11.1 Å². The van der Waals surface area contributed by atoms with E-state index in [0.29, 0.717) is 0 Å². The smallest absolute Gasteiger partial charge is 0.200 e. The predicted molar refractivity (Wildman–Crippen MR) is 69.3 cm³/mol. The molecule has 0 amide bonds. The van der Waals surface area contributed by atoms with E-state index in [1.165, 1.54) is 36.4 Å². The number of phenolic OH excluding ortho intramolecular Hbond substituents is 2. The van der Waals surface area contributed by atoms with Crippen LogP contribution in [0.3, 0.4) is 0 Å². The van der Waals surface area contributed by atoms with Gasteiger partial charge in [-0.15, -0.1) is 0 Å². The van der Waals surface area contributed by atoms with Gasteiger partial charge in [0, 0.05) is 12.1 Å². The molecule has 2 aromatic rings. The van der Waals surface area contributed by atoms with E-state index in [0.717, 1.165) is 0 Å². The zero-order chi connectivity index (χ0) is 14.7. The zero-order valence-electron chi connectivity index (χ0n) is 10.2. The maximum atomic E-state index is 12.2. The number of nitrogens with two attached hydrogens (primary N) is 2. The largest absolute Gasteiger partial charge is 0.507 e. The Morgan fingerprint density at radius 1 is 0.850 bits per heavy atom. The molecular weight excluding hydrogens is 264 g/mol. The highest BCUT2D eigenvalue weighted by molar-refractivity contribution is 6.12. The number of carbonyl (C=O) groups is 1. The van der Waals surface area contributed by atoms with Gasteiger partial charge in [-0.05, 0) is 24.3 Å². The molecule has 0 aromatic heterocycles. The zero-order valence-corrected chi connectivity index (χ0v) is 10.2. The lowest BCUT2D eigenvalue weighted by Gasteiger charge is -2.08. The number of ketones is 1. The van der Waals surface area contributed by atoms with E-state index in [1.54, 1.807) is 0 Å². The summed E-state index contributed by atoms with van der Waals surface area (Å²) in [6, 6.07) is 7.91. The fraction of sp³-hybridized carbons (Fsp3) is 0. The fourth-order valence-electron chi connectivity index (χ4n) is 1.70. The van der Waals surface area contributed by atoms with Crippen molar-refractivity contribution in [2.24, 2.45) is 11.8 Å². The van der Waals surface area contributed by atoms with Crippen molar-refractivity contribution >= 4 is 5.78 Å². The van der Waals surface area contributed by atoms with Crippen LogP contribution in [0.5, 0.6) is 23.0 Å². The van der Waals surface area contributed by atoms with Gasteiger partial charge in [-0.25, -0.2) is 0 Å². The molecule has 7 nitrogen and oxygen atoms in total. The van der Waals surface area contributed by atoms with E-state index in [9.17, 15) is 15.0 Å². The first-order chi connectivity index (χ1) is 9.56. The average Bonchev–Trinajstić information content (AvgIpc) is 2.46. The minimum atomic E-state index is -0.563. The number of rotatable bonds is 4. The van der Waals surface area contributed by atoms with E-state index in [1.807, 2.05) is 0 Å². The van der Waals surface area contributed by atoms with Crippen molar-refractivity contribution in [3.63, 3.8) is 0 Å². The lowest BCUT2D eigenvalue weighted by Crippen LogP contribution is -2.06. The molecule has 0 atom stereocenters. The van der Waals surface area contributed by atoms with Crippen LogP contribution in [-0.4, -0.2) is 16.0 Å². The molecule has 0 fully saturated rings. The second-order valence-corrected chi connectivity index (χ2v) is 3.92. The number of phenols is 2. The highest BCUT2D eigenvalue weighted by atomic mass is 16.6. The van der Waals surface area contributed by atoms with Gasteiger partial charge >= 0.3 is 0 Å². The Morgan fingerprint density at radius 2 is 1.25 bits per heavy atom. The molecule has 0 aliphatic rings. The Morgan fingerprint density at radius 3 is 1.55 bits per heavy atom. The van der Waals surface area contributed by atoms with Crippen LogP contribution >= 0.6 is 0 Å². The van der Waals surface area contributed by atoms with E-state index >= 15 is 0 Å². The maximum absolute atomic E-state index is 12.2. The van der Waals surface area contributed by atoms with Gasteiger partial charge in [0.1, 0.15) is 11.5 Å². The SMILES string of the molecule is NOc1ccc(C(=O)c2ccc(ON)cc2O)c(O)c1. The van der Waals surface area contributed by atoms with Gasteiger partial charge in [-0.2, -0.15) is 11.8 Å². The van der Waals surface area contributed by atoms with Crippen molar-refractivity contribution in [3.05, 3.63) is 47.5 Å². The van der Waals surface area contributed by atoms with E-state index in [2.05, 4.69) is 9.68 Å². The third-order valence-electron chi connectivity index (χ3n) is 2.70. The van der Waals surface area contributed by atoms with Crippen LogP contribution in [0.4, 0.5) is 0 Å². The van der Waals surface area contributed by atoms with Crippen LogP contribution in [-0.2, 0) is 0 Å². The Kier molecular flexibility index (Phi) is 3.74. The molecule has 2 aromatic carbocycles. The van der Waals surface area contributed by atoms with Crippen LogP contribution < -0.4 is 21.5 Å². The molecule has 6 N–H and O–H groups in total. The molecule has 0 saturated carbocycles. The van der Waals surface area contributed by atoms with Gasteiger partial charge in [0.2, 0.25) is 0 Å². The number of aromatic hydroxyl groups is 2. The minimum absolute atomic E-state index is 0.00233. The fourth-order valence-corrected chi connectivity index (χ4v) is 1.70. The van der Waals surface area contributed by atoms with Crippen LogP contribution in [0.2, 0.25) is 0 Å². The lowest BCUT2D eigenvalue weighted by atomic mass is 10.0. The number of hydrogen-bond donors (Lipinski definition) is 4. The number of benzene rings is 2. The molecule has 0 radical (unpaired) electrons. The Labute approximate surface area is 113 Å². The molecule has 2 rings (SSSR count). The highest BCUT2D eigenvalue weighted by Gasteiger charge is 2.18. The number of carbonyl (C=O) groups excluding carboxylic acids is 1. The van der Waals surface area contributed by atoms with Crippen LogP contribution in [0.15, 0.2) is 36.4 Å². The summed E-state index contributed by atoms with van der Waals surface area (Å²) in [4.78, 5) is 21.1. The Bertz CT molecular complexity index is 602. The van der Waals surface area contributed by atoms with Crippen molar-refractivity contribution in [3.8, 4) is 23.0 Å². The lowest BCUT2D eigenvalue weighted by molar-refractivity contribution is 0.103. The van der Waals surface area contributed by atoms with Crippen molar-refractivity contribution < 1.29 is 24.7 Å². The van der Waals surface area contributed by atoms with Gasteiger partial charge in [0.15, 0.2) is 17.3 Å². The van der Waals surface area contributed by atoms with E-state index in [-0.39, 0.29) is 34.1 Å². The summed E-state index contributed by atoms with van der Waals surface area (Å²) in [5, 5.41) is 19.5. The summed E-state index contributed by atoms with van der Waals surface area (Å²) in [6.07, 6.45) is 0. The van der Waals surface area contributed by atoms with E-state index < -0.39 is 5.78 Å². The van der Waals surface area contributed by atoms with Gasteiger partial charge in [-0.1, -0.05) is 0 Å². The van der Waals surface area contributed by atoms with E-state index in [4.69, 9.17) is 11.8 Å². The average molecular weight is 276 g/mol. The molecule has 0 spiro atoms. The summed E-state index contributed by atoms with van der Waals surface area (Å²) in [5.74, 6) is 9.13. The van der Waals surface area contributed by atoms with Crippen molar-refractivity contribution in [2.75, 3.05) is 0 Å². The summed E-state index contributed by atoms with van der Waals surface area (Å²) in [6.45, 7) is 0. The van der Waals surface area contributed by atoms with Gasteiger partial charge in [-0.3, -0.25) is 4.79 Å². The molecule has 20 heavy (non-hydrogen) atoms. The first-order valence-corrected chi connectivity index (χ1v) is 5.51. The molecule has 0 unspecified atom stereocenters. The van der Waals surface area contributed by atoms with Gasteiger partial charge < -0.3 is 19.9 Å². The van der Waals surface area contributed by atoms with Crippen LogP contribution in [0.25, 0.3) is 0 Å². The van der Waals surface area contributed by atoms with Crippen molar-refractivity contribution in [1.29, 1.82) is 0 Å². The Hall–Kier alpha value is -2.77. The number of hydrogen-bond acceptors (Lipinski definition) is 7. The predicted octanol–water partition coefficient (Wildman–Crippen LogP) is 0.834. The molecule has 0 heterocycles. The highest BCUT2D eigenvalue weighted by Crippen LogP contribution is 2.30. The van der Waals surface area contributed by atoms with Crippen molar-refractivity contribution in [2.45, 2.75) is 0 Å². The molecule has 0 aliphatic carbocycles. The maximum Gasteiger partial charge on any atom is 0.200 e. The molecule has 7 heteroatoms. The normalized spacial score (nSPS) is 10.1. The van der Waals surface area contributed by atoms with Gasteiger partial charge in [0.25, 0.3) is 0 Å². The van der Waals surface area contributed by atoms with Crippen LogP contribution in [0.1, 0.15) is 15.9 Å². The van der Waals surface area contributed by atoms with Crippen molar-refractivity contribution in [1.82, 2.24) is 0 Å². The van der Waals surface area contributed by atoms with Crippen LogP contribution in [0, 0.1) is 0 Å².